The third-order valence-electron chi connectivity index (χ3n) is 4.65. The predicted molar refractivity (Wildman–Crippen MR) is 96.0 cm³/mol. The van der Waals surface area contributed by atoms with E-state index in [0.29, 0.717) is 32.5 Å². The SMILES string of the molecule is CCCCNC(=O)C1CCN(S(=O)(=O)Cc2ccccc2C)CC1. The highest BCUT2D eigenvalue weighted by molar-refractivity contribution is 7.88. The van der Waals surface area contributed by atoms with Gasteiger partial charge in [0, 0.05) is 25.6 Å². The summed E-state index contributed by atoms with van der Waals surface area (Å²) in [7, 11) is -3.33. The zero-order chi connectivity index (χ0) is 17.6. The van der Waals surface area contributed by atoms with Crippen molar-refractivity contribution in [2.24, 2.45) is 5.92 Å². The maximum Gasteiger partial charge on any atom is 0.223 e. The fourth-order valence-corrected chi connectivity index (χ4v) is 4.66. The van der Waals surface area contributed by atoms with Gasteiger partial charge in [-0.15, -0.1) is 0 Å². The highest BCUT2D eigenvalue weighted by Gasteiger charge is 2.31. The Labute approximate surface area is 145 Å². The number of hydrogen-bond acceptors (Lipinski definition) is 3. The van der Waals surface area contributed by atoms with Crippen LogP contribution in [0.4, 0.5) is 0 Å². The van der Waals surface area contributed by atoms with Crippen molar-refractivity contribution >= 4 is 15.9 Å². The van der Waals surface area contributed by atoms with Crippen molar-refractivity contribution in [1.82, 2.24) is 9.62 Å². The third kappa shape index (κ3) is 5.05. The summed E-state index contributed by atoms with van der Waals surface area (Å²) in [5.41, 5.74) is 1.84. The van der Waals surface area contributed by atoms with Gasteiger partial charge in [-0.1, -0.05) is 37.6 Å². The van der Waals surface area contributed by atoms with E-state index in [-0.39, 0.29) is 17.6 Å². The lowest BCUT2D eigenvalue weighted by Gasteiger charge is -2.30. The van der Waals surface area contributed by atoms with Crippen molar-refractivity contribution in [2.45, 2.75) is 45.3 Å². The maximum absolute atomic E-state index is 12.6. The Balaban J connectivity index is 1.89. The number of sulfonamides is 1. The molecule has 0 bridgehead atoms. The Hall–Kier alpha value is -1.40. The summed E-state index contributed by atoms with van der Waals surface area (Å²) in [5, 5.41) is 2.95. The van der Waals surface area contributed by atoms with Crippen LogP contribution in [0.5, 0.6) is 0 Å². The topological polar surface area (TPSA) is 66.5 Å². The van der Waals surface area contributed by atoms with Gasteiger partial charge in [-0.25, -0.2) is 12.7 Å². The molecule has 1 N–H and O–H groups in total. The predicted octanol–water partition coefficient (Wildman–Crippen LogP) is 2.45. The summed E-state index contributed by atoms with van der Waals surface area (Å²) in [6.07, 6.45) is 3.24. The molecule has 0 aromatic heterocycles. The van der Waals surface area contributed by atoms with Crippen molar-refractivity contribution in [2.75, 3.05) is 19.6 Å². The lowest BCUT2D eigenvalue weighted by atomic mass is 9.97. The molecular formula is C18H28N2O3S. The number of nitrogens with one attached hydrogen (secondary N) is 1. The number of benzene rings is 1. The molecular weight excluding hydrogens is 324 g/mol. The van der Waals surface area contributed by atoms with Crippen LogP contribution in [0.2, 0.25) is 0 Å². The molecule has 2 rings (SSSR count). The van der Waals surface area contributed by atoms with Crippen LogP contribution < -0.4 is 5.32 Å². The third-order valence-corrected chi connectivity index (χ3v) is 6.47. The van der Waals surface area contributed by atoms with Gasteiger partial charge >= 0.3 is 0 Å². The molecule has 1 heterocycles. The van der Waals surface area contributed by atoms with Crippen LogP contribution in [0, 0.1) is 12.8 Å². The Bertz CT molecular complexity index is 650. The Morgan fingerprint density at radius 3 is 2.54 bits per heavy atom. The van der Waals surface area contributed by atoms with E-state index in [0.717, 1.165) is 24.0 Å². The molecule has 1 aromatic carbocycles. The normalized spacial score (nSPS) is 16.9. The molecule has 24 heavy (non-hydrogen) atoms. The zero-order valence-corrected chi connectivity index (χ0v) is 15.4. The van der Waals surface area contributed by atoms with E-state index in [1.54, 1.807) is 0 Å². The van der Waals surface area contributed by atoms with E-state index >= 15 is 0 Å². The molecule has 0 aliphatic carbocycles. The second-order valence-electron chi connectivity index (χ2n) is 6.50. The number of carbonyl (C=O) groups is 1. The molecule has 1 aliphatic heterocycles. The molecule has 1 amide bonds. The van der Waals surface area contributed by atoms with Crippen LogP contribution in [0.15, 0.2) is 24.3 Å². The quantitative estimate of drug-likeness (QED) is 0.767. The van der Waals surface area contributed by atoms with Gasteiger partial charge in [0.15, 0.2) is 0 Å². The Morgan fingerprint density at radius 1 is 1.25 bits per heavy atom. The van der Waals surface area contributed by atoms with Crippen LogP contribution in [0.1, 0.15) is 43.7 Å². The Morgan fingerprint density at radius 2 is 1.92 bits per heavy atom. The first-order valence-electron chi connectivity index (χ1n) is 8.74. The number of amides is 1. The molecule has 0 radical (unpaired) electrons. The fourth-order valence-electron chi connectivity index (χ4n) is 2.99. The van der Waals surface area contributed by atoms with Crippen LogP contribution in [-0.2, 0) is 20.6 Å². The van der Waals surface area contributed by atoms with Crippen LogP contribution in [0.3, 0.4) is 0 Å². The first-order chi connectivity index (χ1) is 11.4. The van der Waals surface area contributed by atoms with Gasteiger partial charge < -0.3 is 5.32 Å². The van der Waals surface area contributed by atoms with E-state index in [9.17, 15) is 13.2 Å². The van der Waals surface area contributed by atoms with Crippen LogP contribution in [-0.4, -0.2) is 38.3 Å². The minimum absolute atomic E-state index is 0.0348. The molecule has 1 saturated heterocycles. The van der Waals surface area contributed by atoms with Crippen molar-refractivity contribution in [1.29, 1.82) is 0 Å². The number of rotatable bonds is 7. The fraction of sp³-hybridized carbons (Fsp3) is 0.611. The molecule has 0 atom stereocenters. The van der Waals surface area contributed by atoms with Crippen molar-refractivity contribution in [3.05, 3.63) is 35.4 Å². The standard InChI is InChI=1S/C18H28N2O3S/c1-3-4-11-19-18(21)16-9-12-20(13-10-16)24(22,23)14-17-8-6-5-7-15(17)2/h5-8,16H,3-4,9-14H2,1-2H3,(H,19,21). The molecule has 0 unspecified atom stereocenters. The minimum atomic E-state index is -3.33. The highest BCUT2D eigenvalue weighted by atomic mass is 32.2. The molecule has 6 heteroatoms. The summed E-state index contributed by atoms with van der Waals surface area (Å²) in [6, 6.07) is 7.57. The second kappa shape index (κ2) is 8.62. The highest BCUT2D eigenvalue weighted by Crippen LogP contribution is 2.22. The largest absolute Gasteiger partial charge is 0.356 e. The first-order valence-corrected chi connectivity index (χ1v) is 10.3. The van der Waals surface area contributed by atoms with Crippen LogP contribution >= 0.6 is 0 Å². The van der Waals surface area contributed by atoms with Gasteiger partial charge in [0.25, 0.3) is 0 Å². The summed E-state index contributed by atoms with van der Waals surface area (Å²) in [4.78, 5) is 12.1. The molecule has 0 saturated carbocycles. The summed E-state index contributed by atoms with van der Waals surface area (Å²) in [6.45, 7) is 5.59. The molecule has 1 aromatic rings. The van der Waals surface area contributed by atoms with E-state index in [4.69, 9.17) is 0 Å². The van der Waals surface area contributed by atoms with Gasteiger partial charge in [-0.2, -0.15) is 0 Å². The van der Waals surface area contributed by atoms with Crippen molar-refractivity contribution in [3.8, 4) is 0 Å². The summed E-state index contributed by atoms with van der Waals surface area (Å²) >= 11 is 0. The van der Waals surface area contributed by atoms with Crippen molar-refractivity contribution < 1.29 is 13.2 Å². The first kappa shape index (κ1) is 18.9. The number of unbranched alkanes of at least 4 members (excludes halogenated alkanes) is 1. The smallest absolute Gasteiger partial charge is 0.223 e. The lowest BCUT2D eigenvalue weighted by molar-refractivity contribution is -0.126. The van der Waals surface area contributed by atoms with E-state index < -0.39 is 10.0 Å². The van der Waals surface area contributed by atoms with E-state index in [1.165, 1.54) is 4.31 Å². The van der Waals surface area contributed by atoms with Crippen molar-refractivity contribution in [3.63, 3.8) is 0 Å². The van der Waals surface area contributed by atoms with Gasteiger partial charge in [-0.05, 0) is 37.3 Å². The maximum atomic E-state index is 12.6. The second-order valence-corrected chi connectivity index (χ2v) is 8.47. The van der Waals surface area contributed by atoms with Gasteiger partial charge in [0.2, 0.25) is 15.9 Å². The average Bonchev–Trinajstić information content (AvgIpc) is 2.57. The van der Waals surface area contributed by atoms with E-state index in [1.807, 2.05) is 31.2 Å². The summed E-state index contributed by atoms with van der Waals surface area (Å²) in [5.74, 6) is 0.0405. The minimum Gasteiger partial charge on any atom is -0.356 e. The molecule has 134 valence electrons. The Kier molecular flexibility index (Phi) is 6.80. The molecule has 1 aliphatic rings. The number of piperidine rings is 1. The molecule has 1 fully saturated rings. The number of carbonyl (C=O) groups excluding carboxylic acids is 1. The summed E-state index contributed by atoms with van der Waals surface area (Å²) < 4.78 is 26.8. The monoisotopic (exact) mass is 352 g/mol. The van der Waals surface area contributed by atoms with Gasteiger partial charge in [0.1, 0.15) is 0 Å². The number of nitrogens with zero attached hydrogens (tertiary/aromatic N) is 1. The van der Waals surface area contributed by atoms with Gasteiger partial charge in [-0.3, -0.25) is 4.79 Å². The zero-order valence-electron chi connectivity index (χ0n) is 14.6. The van der Waals surface area contributed by atoms with E-state index in [2.05, 4.69) is 12.2 Å². The lowest BCUT2D eigenvalue weighted by Crippen LogP contribution is -2.43. The number of aryl methyl sites for hydroxylation is 1. The molecule has 5 nitrogen and oxygen atoms in total. The average molecular weight is 353 g/mol. The molecule has 0 spiro atoms. The van der Waals surface area contributed by atoms with Crippen LogP contribution in [0.25, 0.3) is 0 Å². The van der Waals surface area contributed by atoms with Gasteiger partial charge in [0.05, 0.1) is 5.75 Å². The number of hydrogen-bond donors (Lipinski definition) is 1.